The van der Waals surface area contributed by atoms with E-state index in [0.717, 1.165) is 22.5 Å². The van der Waals surface area contributed by atoms with Crippen LogP contribution in [-0.4, -0.2) is 18.0 Å². The number of pyridine rings is 2. The summed E-state index contributed by atoms with van der Waals surface area (Å²) in [5, 5.41) is 1.40. The summed E-state index contributed by atoms with van der Waals surface area (Å²) in [4.78, 5) is 8.94. The van der Waals surface area contributed by atoms with Crippen LogP contribution in [0.1, 0.15) is 29.5 Å². The molecule has 0 aliphatic rings. The van der Waals surface area contributed by atoms with Crippen LogP contribution in [0.4, 0.5) is 0 Å². The molecule has 1 atom stereocenters. The minimum absolute atomic E-state index is 0. The number of aryl methyl sites for hydroxylation is 1. The number of benzene rings is 3. The summed E-state index contributed by atoms with van der Waals surface area (Å²) in [5.74, 6) is 0.369. The Morgan fingerprint density at radius 3 is 2.05 bits per heavy atom. The van der Waals surface area contributed by atoms with Crippen LogP contribution >= 0.6 is 0 Å². The molecule has 2 aromatic heterocycles. The molecule has 38 heavy (non-hydrogen) atoms. The van der Waals surface area contributed by atoms with Crippen LogP contribution in [0.15, 0.2) is 109 Å². The first kappa shape index (κ1) is 29.4. The smallest absolute Gasteiger partial charge is 0.0795 e. The molecule has 5 aromatic rings. The van der Waals surface area contributed by atoms with Crippen molar-refractivity contribution in [2.24, 2.45) is 0 Å². The topological polar surface area (TPSA) is 25.8 Å². The van der Waals surface area contributed by atoms with E-state index in [2.05, 4.69) is 116 Å². The van der Waals surface area contributed by atoms with E-state index in [4.69, 9.17) is 0 Å². The normalized spacial score (nSPS) is 11.5. The van der Waals surface area contributed by atoms with Crippen LogP contribution in [0.3, 0.4) is 0 Å². The summed E-state index contributed by atoms with van der Waals surface area (Å²) in [6.45, 7) is 11.3. The Kier molecular flexibility index (Phi) is 10.5. The van der Waals surface area contributed by atoms with Gasteiger partial charge in [-0.05, 0) is 34.1 Å². The van der Waals surface area contributed by atoms with Crippen molar-refractivity contribution in [3.63, 3.8) is 0 Å². The van der Waals surface area contributed by atoms with E-state index in [1.807, 2.05) is 48.8 Å². The Labute approximate surface area is 242 Å². The Balaban J connectivity index is 0.000000208. The average molecular weight is 691 g/mol. The summed E-state index contributed by atoms with van der Waals surface area (Å²) in [6.07, 6.45) is 3.84. The van der Waals surface area contributed by atoms with Crippen LogP contribution in [0.25, 0.3) is 22.5 Å². The zero-order valence-electron chi connectivity index (χ0n) is 22.7. The Morgan fingerprint density at radius 2 is 1.45 bits per heavy atom. The van der Waals surface area contributed by atoms with Crippen molar-refractivity contribution in [3.8, 4) is 22.5 Å². The summed E-state index contributed by atoms with van der Waals surface area (Å²) >= 11 is 0. The molecule has 2 heterocycles. The first-order chi connectivity index (χ1) is 17.8. The SMILES string of the molecule is CC(c1ccccc1)c1cc[c-]c(-c2ccccn2)c1.Cc1c[c-]c(-c2ccc([Si](C)(C)C)cn2)cc1.[Ir]. The van der Waals surface area contributed by atoms with Gasteiger partial charge in [0, 0.05) is 32.5 Å². The van der Waals surface area contributed by atoms with Gasteiger partial charge in [0.1, 0.15) is 0 Å². The summed E-state index contributed by atoms with van der Waals surface area (Å²) in [5.41, 5.74) is 7.93. The third kappa shape index (κ3) is 7.91. The average Bonchev–Trinajstić information content (AvgIpc) is 2.94. The first-order valence-electron chi connectivity index (χ1n) is 12.7. The summed E-state index contributed by atoms with van der Waals surface area (Å²) < 4.78 is 0. The molecule has 4 heteroatoms. The molecule has 0 N–H and O–H groups in total. The number of nitrogens with zero attached hydrogens (tertiary/aromatic N) is 2. The molecule has 0 bridgehead atoms. The van der Waals surface area contributed by atoms with Crippen LogP contribution in [0.5, 0.6) is 0 Å². The second-order valence-corrected chi connectivity index (χ2v) is 15.4. The fourth-order valence-corrected chi connectivity index (χ4v) is 5.05. The number of aromatic nitrogens is 2. The minimum Gasteiger partial charge on any atom is -0.305 e. The zero-order chi connectivity index (χ0) is 26.3. The van der Waals surface area contributed by atoms with Gasteiger partial charge in [0.25, 0.3) is 0 Å². The number of rotatable bonds is 5. The summed E-state index contributed by atoms with van der Waals surface area (Å²) in [7, 11) is -1.24. The predicted octanol–water partition coefficient (Wildman–Crippen LogP) is 8.10. The van der Waals surface area contributed by atoms with Crippen LogP contribution in [0.2, 0.25) is 19.6 Å². The molecule has 1 radical (unpaired) electrons. The van der Waals surface area contributed by atoms with Gasteiger partial charge in [-0.1, -0.05) is 88.1 Å². The van der Waals surface area contributed by atoms with E-state index in [-0.39, 0.29) is 20.1 Å². The van der Waals surface area contributed by atoms with Crippen molar-refractivity contribution < 1.29 is 20.1 Å². The molecule has 1 unspecified atom stereocenters. The van der Waals surface area contributed by atoms with Crippen LogP contribution in [-0.2, 0) is 20.1 Å². The third-order valence-corrected chi connectivity index (χ3v) is 8.47. The van der Waals surface area contributed by atoms with E-state index in [1.54, 1.807) is 0 Å². The Bertz CT molecular complexity index is 1400. The van der Waals surface area contributed by atoms with Gasteiger partial charge in [-0.2, -0.15) is 0 Å². The van der Waals surface area contributed by atoms with E-state index < -0.39 is 8.07 Å². The molecule has 0 saturated heterocycles. The molecule has 3 aromatic carbocycles. The van der Waals surface area contributed by atoms with Gasteiger partial charge in [0.15, 0.2) is 0 Å². The molecule has 195 valence electrons. The zero-order valence-corrected chi connectivity index (χ0v) is 26.1. The molecule has 5 rings (SSSR count). The van der Waals surface area contributed by atoms with Gasteiger partial charge < -0.3 is 9.97 Å². The minimum atomic E-state index is -1.24. The van der Waals surface area contributed by atoms with Crippen molar-refractivity contribution in [2.75, 3.05) is 0 Å². The second kappa shape index (κ2) is 13.6. The monoisotopic (exact) mass is 691 g/mol. The van der Waals surface area contributed by atoms with Gasteiger partial charge in [-0.25, -0.2) is 0 Å². The van der Waals surface area contributed by atoms with Gasteiger partial charge in [0.05, 0.1) is 8.07 Å². The van der Waals surface area contributed by atoms with Crippen LogP contribution < -0.4 is 5.19 Å². The van der Waals surface area contributed by atoms with Gasteiger partial charge in [0.2, 0.25) is 0 Å². The fraction of sp³-hybridized carbons (Fsp3) is 0.176. The Hall–Kier alpha value is -3.17. The van der Waals surface area contributed by atoms with E-state index >= 15 is 0 Å². The molecule has 0 saturated carbocycles. The first-order valence-corrected chi connectivity index (χ1v) is 16.2. The molecular formula is C34H34IrN2Si-2. The molecule has 0 spiro atoms. The van der Waals surface area contributed by atoms with Crippen molar-refractivity contribution in [1.82, 2.24) is 9.97 Å². The second-order valence-electron chi connectivity index (χ2n) is 10.3. The molecule has 0 amide bonds. The van der Waals surface area contributed by atoms with Crippen molar-refractivity contribution in [3.05, 3.63) is 138 Å². The largest absolute Gasteiger partial charge is 0.305 e. The standard InChI is InChI=1S/C19H16N.C15H18NSi.Ir/c1-15(16-8-3-2-4-9-16)17-10-7-11-18(14-17)19-12-5-6-13-20-19;1-12-5-7-13(8-6-12)15-10-9-14(11-16-15)17(2,3)4;/h2-10,12-15H,1H3;5-7,9-11H,1-4H3;/q2*-1;. The quantitative estimate of drug-likeness (QED) is 0.138. The molecule has 2 nitrogen and oxygen atoms in total. The Morgan fingerprint density at radius 1 is 0.711 bits per heavy atom. The molecule has 0 fully saturated rings. The number of hydrogen-bond donors (Lipinski definition) is 0. The van der Waals surface area contributed by atoms with Gasteiger partial charge in [-0.3, -0.25) is 0 Å². The molecule has 0 aliphatic carbocycles. The fourth-order valence-electron chi connectivity index (χ4n) is 4.02. The van der Waals surface area contributed by atoms with Gasteiger partial charge in [-0.15, -0.1) is 70.8 Å². The maximum atomic E-state index is 4.55. The molecule has 0 aliphatic heterocycles. The summed E-state index contributed by atoms with van der Waals surface area (Å²) in [6, 6.07) is 39.8. The maximum Gasteiger partial charge on any atom is 0.0795 e. The van der Waals surface area contributed by atoms with Crippen LogP contribution in [0, 0.1) is 19.1 Å². The maximum absolute atomic E-state index is 4.55. The van der Waals surface area contributed by atoms with Crippen molar-refractivity contribution in [2.45, 2.75) is 39.4 Å². The third-order valence-electron chi connectivity index (χ3n) is 6.44. The number of hydrogen-bond acceptors (Lipinski definition) is 2. The van der Waals surface area contributed by atoms with Crippen molar-refractivity contribution in [1.29, 1.82) is 0 Å². The van der Waals surface area contributed by atoms with Crippen molar-refractivity contribution >= 4 is 13.3 Å². The van der Waals surface area contributed by atoms with E-state index in [1.165, 1.54) is 21.9 Å². The van der Waals surface area contributed by atoms with E-state index in [9.17, 15) is 0 Å². The molecular weight excluding hydrogens is 657 g/mol. The van der Waals surface area contributed by atoms with Gasteiger partial charge >= 0.3 is 0 Å². The van der Waals surface area contributed by atoms with E-state index in [0.29, 0.717) is 5.92 Å². The predicted molar refractivity (Wildman–Crippen MR) is 159 cm³/mol.